The van der Waals surface area contributed by atoms with E-state index < -0.39 is 46.1 Å². The molecule has 10 atom stereocenters. The van der Waals surface area contributed by atoms with Crippen molar-refractivity contribution in [3.63, 3.8) is 0 Å². The number of hydrogen-bond acceptors (Lipinski definition) is 5. The maximum absolute atomic E-state index is 12.5. The third-order valence-electron chi connectivity index (χ3n) is 31.8. The van der Waals surface area contributed by atoms with Crippen LogP contribution in [-0.2, 0) is 35.7 Å². The van der Waals surface area contributed by atoms with Crippen molar-refractivity contribution in [2.24, 2.45) is 29.6 Å². The second-order valence-corrected chi connectivity index (χ2v) is 36.0. The Balaban J connectivity index is 0.00000106. The van der Waals surface area contributed by atoms with E-state index in [0.717, 1.165) is 68.5 Å². The van der Waals surface area contributed by atoms with E-state index in [-0.39, 0.29) is 115 Å². The third-order valence-corrected chi connectivity index (χ3v) is 31.8. The van der Waals surface area contributed by atoms with Crippen molar-refractivity contribution < 1.29 is 69.0 Å². The Hall–Kier alpha value is -13.2. The second-order valence-electron chi connectivity index (χ2n) is 36.0. The molecule has 0 spiro atoms. The fraction of sp³-hybridized carbons (Fsp3) is 0.170. The number of benzene rings is 16. The van der Waals surface area contributed by atoms with Gasteiger partial charge in [-0.2, -0.15) is 0 Å². The first-order valence-electron chi connectivity index (χ1n) is 42.4. The molecule has 0 amide bonds. The van der Waals surface area contributed by atoms with Crippen LogP contribution in [0.1, 0.15) is 182 Å². The summed E-state index contributed by atoms with van der Waals surface area (Å²) in [6.07, 6.45) is 9.16. The molecule has 4 saturated carbocycles. The Morgan fingerprint density at radius 1 is 0.244 bits per heavy atom. The zero-order chi connectivity index (χ0) is 80.2. The second kappa shape index (κ2) is 26.2. The molecule has 9 aliphatic rings. The van der Waals surface area contributed by atoms with E-state index in [0.29, 0.717) is 0 Å². The van der Waals surface area contributed by atoms with Crippen molar-refractivity contribution in [1.82, 2.24) is 0 Å². The summed E-state index contributed by atoms with van der Waals surface area (Å²) < 4.78 is 0. The van der Waals surface area contributed by atoms with Crippen molar-refractivity contribution in [2.75, 3.05) is 0 Å². The molecule has 0 bridgehead atoms. The number of aromatic carboxylic acids is 5. The molecule has 4 fully saturated rings. The van der Waals surface area contributed by atoms with E-state index in [1.54, 1.807) is 60.7 Å². The molecule has 0 aliphatic heterocycles. The predicted octanol–water partition coefficient (Wildman–Crippen LogP) is 26.1. The molecule has 5 N–H and O–H groups in total. The summed E-state index contributed by atoms with van der Waals surface area (Å²) in [5, 5.41) is 69.8. The molecular weight excluding hydrogens is 1610 g/mol. The van der Waals surface area contributed by atoms with Gasteiger partial charge in [-0.3, -0.25) is 0 Å². The van der Waals surface area contributed by atoms with E-state index in [9.17, 15) is 49.5 Å². The monoisotopic (exact) mass is 1690 g/mol. The van der Waals surface area contributed by atoms with Crippen molar-refractivity contribution in [3.8, 4) is 55.6 Å². The van der Waals surface area contributed by atoms with Gasteiger partial charge in [0.25, 0.3) is 0 Å². The van der Waals surface area contributed by atoms with Gasteiger partial charge in [0.15, 0.2) is 0 Å². The minimum atomic E-state index is -0.974. The van der Waals surface area contributed by atoms with Gasteiger partial charge in [0.05, 0.1) is 33.2 Å². The first-order chi connectivity index (χ1) is 58.7. The smallest absolute Gasteiger partial charge is 0.478 e. The quantitative estimate of drug-likeness (QED) is 0.0376. The Labute approximate surface area is 722 Å². The van der Waals surface area contributed by atoms with Crippen LogP contribution in [-0.4, -0.2) is 55.4 Å². The molecule has 0 heterocycles. The number of fused-ring (bicyclic) bond motifs is 5. The van der Waals surface area contributed by atoms with Crippen LogP contribution in [0.2, 0.25) is 0 Å². The fourth-order valence-electron chi connectivity index (χ4n) is 27.8. The zero-order valence-electron chi connectivity index (χ0n) is 67.3. The number of hydrogen-bond donors (Lipinski definition) is 5. The standard InChI is InChI=1S/C105H64O10.C5H10.2CH3.Ru/c106-98(107)61-19-5-51(6-20-61)49-1-15-59(16-2-49)75-47-77-73-45-43-71-69-41-42-70-72-44-46-74-78-48-76(60-17-3-50(4-18-60)52-7-21-62(22-8-52)99(108)109)86-85(75)93-97-94(86)104(78,67-37-31-57(32-38-67)54-11-25-64(26-12-54)101(112)113)92-84(74)82(72)88-80(70)79(69)87-81(71)83(73)91(103(77,93)66-35-29-56(30-36-66)53-9-23-63(24-10-53)100(110)111)95-89(87)90(88)96(92)105(95,97)68-39-33-58(34-40-68)55-13-27-65(28-14-55)102(114)115;1-2-4-5-3-1;;;/h1-46,75-78,85-86,93-94,97H,47-48H2,(H,106,107)(H,108,109)(H,110,111)(H,112,113)(H,114,115);1-5H2;2*1H3;/q;;2*-1;+2. The van der Waals surface area contributed by atoms with Gasteiger partial charge in [0.1, 0.15) is 0 Å². The molecule has 10 unspecified atom stereocenters. The van der Waals surface area contributed by atoms with Gasteiger partial charge in [0.2, 0.25) is 0 Å². The normalized spacial score (nSPS) is 23.7. The largest absolute Gasteiger partial charge is 2.00 e. The van der Waals surface area contributed by atoms with Crippen LogP contribution in [0.5, 0.6) is 0 Å². The van der Waals surface area contributed by atoms with Crippen LogP contribution < -0.4 is 0 Å². The average molecular weight is 1690 g/mol. The SMILES string of the molecule is C1CCCC1.O=C(O)c1ccc(-c2ccc(C3CC4c5ccc6c7ccc8c9ccc%10c%11c%12c%13c%14c%15c%16c(c5c6c%15c7c8c%14c%119)C4(c4ccc(-c5ccc(C(=O)O)cc5)cc4)C4C3C3C(c5ccc(-c6ccc(C(=O)O)cc6)cc5)CC%10C%12(c5ccc(-c6ccc(C(=O)O)cc6)cc5)C3C4C%16%13c3ccc(-c4ccc(C(=O)O)cc4)cc3)cc2)cc1.[CH3-].[CH3-].[Ru+2]. The summed E-state index contributed by atoms with van der Waals surface area (Å²) in [6, 6.07) is 98.9. The summed E-state index contributed by atoms with van der Waals surface area (Å²) in [6.45, 7) is 0. The van der Waals surface area contributed by atoms with Crippen LogP contribution >= 0.6 is 0 Å². The first-order valence-corrected chi connectivity index (χ1v) is 42.4. The molecular formula is C112H80O10Ru. The number of carbonyl (C=O) groups is 5. The van der Waals surface area contributed by atoms with E-state index in [1.807, 2.05) is 60.7 Å². The van der Waals surface area contributed by atoms with Gasteiger partial charge in [-0.15, -0.1) is 0 Å². The molecule has 27 rings (SSSR count). The predicted molar refractivity (Wildman–Crippen MR) is 483 cm³/mol. The van der Waals surface area contributed by atoms with Crippen molar-refractivity contribution in [3.05, 3.63) is 383 Å². The molecule has 0 radical (unpaired) electrons. The van der Waals surface area contributed by atoms with Crippen LogP contribution in [0.25, 0.3) is 131 Å². The molecule has 10 nitrogen and oxygen atoms in total. The van der Waals surface area contributed by atoms with Crippen LogP contribution in [0, 0.1) is 44.4 Å². The van der Waals surface area contributed by atoms with Gasteiger partial charge in [-0.1, -0.05) is 250 Å². The van der Waals surface area contributed by atoms with Crippen molar-refractivity contribution in [1.29, 1.82) is 0 Å². The Morgan fingerprint density at radius 2 is 0.480 bits per heavy atom. The number of rotatable bonds is 15. The Morgan fingerprint density at radius 3 is 0.748 bits per heavy atom. The molecule has 9 aliphatic carbocycles. The van der Waals surface area contributed by atoms with Gasteiger partial charge in [-0.25, -0.2) is 24.0 Å². The average Bonchev–Trinajstić information content (AvgIpc) is 1.41. The third kappa shape index (κ3) is 9.22. The molecule has 18 aromatic rings. The van der Waals surface area contributed by atoms with E-state index in [2.05, 4.69) is 158 Å². The number of carboxylic acid groups (broad SMARTS) is 5. The van der Waals surface area contributed by atoms with Gasteiger partial charge < -0.3 is 40.4 Å². The maximum atomic E-state index is 12.5. The summed E-state index contributed by atoms with van der Waals surface area (Å²) in [5.74, 6) is -5.27. The van der Waals surface area contributed by atoms with Gasteiger partial charge in [-0.05, 0) is 319 Å². The fourth-order valence-corrected chi connectivity index (χ4v) is 27.8. The number of carboxylic acids is 5. The Kier molecular flexibility index (Phi) is 15.9. The minimum Gasteiger partial charge on any atom is -0.478 e. The molecule has 18 aromatic carbocycles. The summed E-state index contributed by atoms with van der Waals surface area (Å²) in [4.78, 5) is 62.0. The summed E-state index contributed by atoms with van der Waals surface area (Å²) >= 11 is 0. The van der Waals surface area contributed by atoms with E-state index in [1.165, 1.54) is 169 Å². The topological polar surface area (TPSA) is 186 Å². The maximum Gasteiger partial charge on any atom is 2.00 e. The van der Waals surface area contributed by atoms with Crippen LogP contribution in [0.15, 0.2) is 279 Å². The van der Waals surface area contributed by atoms with E-state index >= 15 is 0 Å². The summed E-state index contributed by atoms with van der Waals surface area (Å²) in [7, 11) is 0. The van der Waals surface area contributed by atoms with E-state index in [4.69, 9.17) is 0 Å². The first kappa shape index (κ1) is 74.8. The summed E-state index contributed by atoms with van der Waals surface area (Å²) in [5.41, 5.74) is 23.8. The molecule has 123 heavy (non-hydrogen) atoms. The van der Waals surface area contributed by atoms with Crippen LogP contribution in [0.4, 0.5) is 0 Å². The molecule has 596 valence electrons. The molecule has 11 heteroatoms. The molecule has 0 saturated heterocycles. The molecule has 0 aromatic heterocycles. The van der Waals surface area contributed by atoms with Crippen LogP contribution in [0.3, 0.4) is 0 Å². The zero-order valence-corrected chi connectivity index (χ0v) is 69.1. The van der Waals surface area contributed by atoms with Gasteiger partial charge in [0, 0.05) is 10.8 Å². The van der Waals surface area contributed by atoms with Crippen molar-refractivity contribution >= 4 is 105 Å². The van der Waals surface area contributed by atoms with Gasteiger partial charge >= 0.3 is 49.3 Å². The van der Waals surface area contributed by atoms with Crippen molar-refractivity contribution in [2.45, 2.75) is 84.9 Å². The minimum absolute atomic E-state index is 0. The Bertz CT molecular complexity index is 7130.